The summed E-state index contributed by atoms with van der Waals surface area (Å²) in [6, 6.07) is 19.2. The molecule has 1 heterocycles. The van der Waals surface area contributed by atoms with Crippen molar-refractivity contribution in [3.8, 4) is 11.4 Å². The Morgan fingerprint density at radius 3 is 2.50 bits per heavy atom. The molecule has 0 aliphatic rings. The van der Waals surface area contributed by atoms with Crippen LogP contribution in [0.1, 0.15) is 24.2 Å². The minimum Gasteiger partial charge on any atom is -0.445 e. The second-order valence-electron chi connectivity index (χ2n) is 5.48. The van der Waals surface area contributed by atoms with Crippen molar-refractivity contribution in [2.75, 3.05) is 0 Å². The van der Waals surface area contributed by atoms with Crippen LogP contribution in [0.4, 0.5) is 4.79 Å². The van der Waals surface area contributed by atoms with E-state index in [-0.39, 0.29) is 12.6 Å². The molecule has 0 saturated heterocycles. The minimum absolute atomic E-state index is 0.224. The number of carbonyl (C=O) groups is 1. The molecule has 2 N–H and O–H groups in total. The topological polar surface area (TPSA) is 67.0 Å². The van der Waals surface area contributed by atoms with Crippen molar-refractivity contribution in [2.24, 2.45) is 0 Å². The van der Waals surface area contributed by atoms with Gasteiger partial charge in [0.1, 0.15) is 12.4 Å². The first-order valence-corrected chi connectivity index (χ1v) is 7.80. The fraction of sp³-hybridized carbons (Fsp3) is 0.158. The number of hydrogen-bond acceptors (Lipinski definition) is 3. The maximum absolute atomic E-state index is 11.9. The summed E-state index contributed by atoms with van der Waals surface area (Å²) in [5.74, 6) is 0.775. The average Bonchev–Trinajstić information content (AvgIpc) is 3.12. The first kappa shape index (κ1) is 15.8. The van der Waals surface area contributed by atoms with Crippen LogP contribution < -0.4 is 5.32 Å². The van der Waals surface area contributed by atoms with Crippen LogP contribution in [0.25, 0.3) is 11.4 Å². The predicted molar refractivity (Wildman–Crippen MR) is 92.2 cm³/mol. The van der Waals surface area contributed by atoms with E-state index in [1.54, 1.807) is 6.20 Å². The highest BCUT2D eigenvalue weighted by molar-refractivity contribution is 5.67. The van der Waals surface area contributed by atoms with Gasteiger partial charge in [-0.1, -0.05) is 60.7 Å². The average molecular weight is 321 g/mol. The van der Waals surface area contributed by atoms with Gasteiger partial charge in [0.25, 0.3) is 0 Å². The molecule has 0 aliphatic heterocycles. The molecule has 3 aromatic rings. The summed E-state index contributed by atoms with van der Waals surface area (Å²) in [5, 5.41) is 2.80. The fourth-order valence-electron chi connectivity index (χ4n) is 2.32. The van der Waals surface area contributed by atoms with Crippen LogP contribution in [0.2, 0.25) is 0 Å². The lowest BCUT2D eigenvalue weighted by atomic mass is 10.2. The number of aromatic nitrogens is 2. The minimum atomic E-state index is -0.456. The Bertz CT molecular complexity index is 785. The summed E-state index contributed by atoms with van der Waals surface area (Å²) in [6.45, 7) is 2.13. The van der Waals surface area contributed by atoms with Crippen molar-refractivity contribution in [1.29, 1.82) is 0 Å². The Labute approximate surface area is 140 Å². The van der Waals surface area contributed by atoms with Crippen molar-refractivity contribution >= 4 is 6.09 Å². The van der Waals surface area contributed by atoms with Gasteiger partial charge in [-0.25, -0.2) is 9.78 Å². The molecule has 3 rings (SSSR count). The Morgan fingerprint density at radius 1 is 1.12 bits per heavy atom. The van der Waals surface area contributed by atoms with Crippen molar-refractivity contribution in [1.82, 2.24) is 15.3 Å². The molecule has 0 unspecified atom stereocenters. The second kappa shape index (κ2) is 7.46. The smallest absolute Gasteiger partial charge is 0.407 e. The molecule has 0 saturated carbocycles. The van der Waals surface area contributed by atoms with Crippen molar-refractivity contribution in [2.45, 2.75) is 19.6 Å². The molecule has 0 fully saturated rings. The van der Waals surface area contributed by atoms with Crippen LogP contribution in [0.3, 0.4) is 0 Å². The second-order valence-corrected chi connectivity index (χ2v) is 5.48. The standard InChI is InChI=1S/C19H19N3O2/c1-14(21-19(23)24-13-15-8-4-2-5-9-15)17-12-20-18(22-17)16-10-6-3-7-11-16/h2-12,14H,13H2,1H3,(H,20,22)(H,21,23)/t14-/m0/s1. The first-order valence-electron chi connectivity index (χ1n) is 7.80. The van der Waals surface area contributed by atoms with E-state index in [9.17, 15) is 4.79 Å². The summed E-state index contributed by atoms with van der Waals surface area (Å²) in [5.41, 5.74) is 2.78. The number of benzene rings is 2. The number of rotatable bonds is 5. The van der Waals surface area contributed by atoms with Crippen LogP contribution >= 0.6 is 0 Å². The van der Waals surface area contributed by atoms with Crippen molar-refractivity contribution in [3.05, 3.63) is 78.1 Å². The fourth-order valence-corrected chi connectivity index (χ4v) is 2.32. The van der Waals surface area contributed by atoms with Crippen molar-refractivity contribution < 1.29 is 9.53 Å². The van der Waals surface area contributed by atoms with Crippen molar-refractivity contribution in [3.63, 3.8) is 0 Å². The van der Waals surface area contributed by atoms with Gasteiger partial charge in [0.15, 0.2) is 0 Å². The lowest BCUT2D eigenvalue weighted by Crippen LogP contribution is -2.27. The number of imidazole rings is 1. The lowest BCUT2D eigenvalue weighted by molar-refractivity contribution is 0.136. The molecule has 0 bridgehead atoms. The Morgan fingerprint density at radius 2 is 1.79 bits per heavy atom. The molecule has 122 valence electrons. The number of carbonyl (C=O) groups excluding carboxylic acids is 1. The maximum Gasteiger partial charge on any atom is 0.407 e. The third-order valence-electron chi connectivity index (χ3n) is 3.66. The molecular weight excluding hydrogens is 302 g/mol. The molecule has 0 spiro atoms. The van der Waals surface area contributed by atoms with E-state index in [0.29, 0.717) is 0 Å². The molecule has 1 atom stereocenters. The SMILES string of the molecule is C[C@H](NC(=O)OCc1ccccc1)c1cnc(-c2ccccc2)[nH]1. The summed E-state index contributed by atoms with van der Waals surface area (Å²) in [7, 11) is 0. The normalized spacial score (nSPS) is 11.7. The molecule has 24 heavy (non-hydrogen) atoms. The number of H-pyrrole nitrogens is 1. The molecule has 0 radical (unpaired) electrons. The molecule has 2 aromatic carbocycles. The molecule has 5 heteroatoms. The van der Waals surface area contributed by atoms with E-state index in [1.165, 1.54) is 0 Å². The zero-order valence-corrected chi connectivity index (χ0v) is 13.4. The quantitative estimate of drug-likeness (QED) is 0.744. The number of nitrogens with one attached hydrogen (secondary N) is 2. The highest BCUT2D eigenvalue weighted by atomic mass is 16.5. The van der Waals surface area contributed by atoms with Gasteiger partial charge in [-0.05, 0) is 12.5 Å². The molecular formula is C19H19N3O2. The Kier molecular flexibility index (Phi) is 4.91. The largest absolute Gasteiger partial charge is 0.445 e. The van der Waals surface area contributed by atoms with Crippen LogP contribution in [0.15, 0.2) is 66.9 Å². The summed E-state index contributed by atoms with van der Waals surface area (Å²) < 4.78 is 5.23. The lowest BCUT2D eigenvalue weighted by Gasteiger charge is -2.12. The maximum atomic E-state index is 11.9. The number of hydrogen-bond donors (Lipinski definition) is 2. The van der Waals surface area contributed by atoms with Gasteiger partial charge < -0.3 is 15.0 Å². The Hall–Kier alpha value is -3.08. The van der Waals surface area contributed by atoms with E-state index in [0.717, 1.165) is 22.6 Å². The number of alkyl carbamates (subject to hydrolysis) is 1. The Balaban J connectivity index is 1.56. The summed E-state index contributed by atoms with van der Waals surface area (Å²) in [6.07, 6.45) is 1.27. The van der Waals surface area contributed by atoms with Gasteiger partial charge in [-0.15, -0.1) is 0 Å². The van der Waals surface area contributed by atoms with E-state index < -0.39 is 6.09 Å². The highest BCUT2D eigenvalue weighted by Crippen LogP contribution is 2.18. The molecule has 1 aromatic heterocycles. The van der Waals surface area contributed by atoms with E-state index in [2.05, 4.69) is 15.3 Å². The summed E-state index contributed by atoms with van der Waals surface area (Å²) in [4.78, 5) is 19.5. The van der Waals surface area contributed by atoms with Gasteiger partial charge in [0, 0.05) is 5.56 Å². The molecule has 1 amide bonds. The van der Waals surface area contributed by atoms with Crippen LogP contribution in [0.5, 0.6) is 0 Å². The highest BCUT2D eigenvalue weighted by Gasteiger charge is 2.13. The van der Waals surface area contributed by atoms with Gasteiger partial charge >= 0.3 is 6.09 Å². The number of aromatic amines is 1. The first-order chi connectivity index (χ1) is 11.7. The number of nitrogens with zero attached hydrogens (tertiary/aromatic N) is 1. The molecule has 0 aliphatic carbocycles. The van der Waals surface area contributed by atoms with Gasteiger partial charge in [0.05, 0.1) is 17.9 Å². The molecule has 5 nitrogen and oxygen atoms in total. The monoisotopic (exact) mass is 321 g/mol. The van der Waals surface area contributed by atoms with Crippen LogP contribution in [0, 0.1) is 0 Å². The van der Waals surface area contributed by atoms with Gasteiger partial charge in [0.2, 0.25) is 0 Å². The zero-order valence-electron chi connectivity index (χ0n) is 13.4. The third kappa shape index (κ3) is 4.01. The van der Waals surface area contributed by atoms with E-state index >= 15 is 0 Å². The van der Waals surface area contributed by atoms with Gasteiger partial charge in [-0.2, -0.15) is 0 Å². The third-order valence-corrected chi connectivity index (χ3v) is 3.66. The predicted octanol–water partition coefficient (Wildman–Crippen LogP) is 4.06. The summed E-state index contributed by atoms with van der Waals surface area (Å²) >= 11 is 0. The van der Waals surface area contributed by atoms with E-state index in [1.807, 2.05) is 67.6 Å². The van der Waals surface area contributed by atoms with Gasteiger partial charge in [-0.3, -0.25) is 0 Å². The van der Waals surface area contributed by atoms with E-state index in [4.69, 9.17) is 4.74 Å². The zero-order chi connectivity index (χ0) is 16.8. The van der Waals surface area contributed by atoms with Crippen LogP contribution in [-0.2, 0) is 11.3 Å². The van der Waals surface area contributed by atoms with Crippen LogP contribution in [-0.4, -0.2) is 16.1 Å². The number of ether oxygens (including phenoxy) is 1. The number of amides is 1.